The molecule has 0 aliphatic heterocycles. The second kappa shape index (κ2) is 6.92. The molecule has 2 rings (SSSR count). The molecular formula is C13H10BrFN2O5S. The summed E-state index contributed by atoms with van der Waals surface area (Å²) in [6.45, 7) is -1.19. The molecule has 0 bridgehead atoms. The van der Waals surface area contributed by atoms with Crippen LogP contribution in [-0.4, -0.2) is 31.3 Å². The number of nitrogens with zero attached hydrogens (tertiary/aromatic N) is 1. The summed E-state index contributed by atoms with van der Waals surface area (Å²) < 4.78 is 44.5. The maximum atomic E-state index is 12.4. The molecule has 23 heavy (non-hydrogen) atoms. The Morgan fingerprint density at radius 1 is 1.35 bits per heavy atom. The van der Waals surface area contributed by atoms with Crippen LogP contribution in [0.1, 0.15) is 10.4 Å². The molecule has 0 amide bonds. The Morgan fingerprint density at radius 3 is 2.74 bits per heavy atom. The SMILES string of the molecule is O=C(O)c1cncc(NS(=O)(=O)c2cc(Br)ccc2OCF)c1. The molecule has 1 aromatic heterocycles. The van der Waals surface area contributed by atoms with E-state index in [4.69, 9.17) is 5.11 Å². The van der Waals surface area contributed by atoms with Crippen molar-refractivity contribution in [1.29, 1.82) is 0 Å². The maximum Gasteiger partial charge on any atom is 0.337 e. The second-order valence-electron chi connectivity index (χ2n) is 4.22. The molecule has 2 N–H and O–H groups in total. The third kappa shape index (κ3) is 4.17. The summed E-state index contributed by atoms with van der Waals surface area (Å²) in [6.07, 6.45) is 2.23. The minimum Gasteiger partial charge on any atom is -0.478 e. The number of sulfonamides is 1. The Bertz CT molecular complexity index is 844. The quantitative estimate of drug-likeness (QED) is 0.766. The molecule has 122 valence electrons. The number of ether oxygens (including phenoxy) is 1. The smallest absolute Gasteiger partial charge is 0.337 e. The number of aromatic carboxylic acids is 1. The van der Waals surface area contributed by atoms with Gasteiger partial charge in [0.1, 0.15) is 10.6 Å². The van der Waals surface area contributed by atoms with Crippen LogP contribution in [0.25, 0.3) is 0 Å². The van der Waals surface area contributed by atoms with Crippen LogP contribution < -0.4 is 9.46 Å². The average molecular weight is 405 g/mol. The molecule has 7 nitrogen and oxygen atoms in total. The molecule has 0 aliphatic rings. The summed E-state index contributed by atoms with van der Waals surface area (Å²) >= 11 is 3.12. The first kappa shape index (κ1) is 17.2. The number of hydrogen-bond acceptors (Lipinski definition) is 5. The monoisotopic (exact) mass is 404 g/mol. The van der Waals surface area contributed by atoms with E-state index in [0.717, 1.165) is 18.5 Å². The number of pyridine rings is 1. The van der Waals surface area contributed by atoms with Crippen molar-refractivity contribution in [2.24, 2.45) is 0 Å². The normalized spacial score (nSPS) is 11.0. The largest absolute Gasteiger partial charge is 0.478 e. The van der Waals surface area contributed by atoms with Crippen LogP contribution in [0.5, 0.6) is 5.75 Å². The van der Waals surface area contributed by atoms with Gasteiger partial charge in [0.15, 0.2) is 0 Å². The summed E-state index contributed by atoms with van der Waals surface area (Å²) in [6, 6.07) is 5.14. The fourth-order valence-electron chi connectivity index (χ4n) is 1.69. The Morgan fingerprint density at radius 2 is 2.09 bits per heavy atom. The van der Waals surface area contributed by atoms with Crippen LogP contribution >= 0.6 is 15.9 Å². The summed E-state index contributed by atoms with van der Waals surface area (Å²) in [5.41, 5.74) is -0.226. The minimum atomic E-state index is -4.14. The first-order valence-electron chi connectivity index (χ1n) is 6.03. The van der Waals surface area contributed by atoms with Crippen molar-refractivity contribution >= 4 is 37.6 Å². The van der Waals surface area contributed by atoms with Gasteiger partial charge >= 0.3 is 5.97 Å². The van der Waals surface area contributed by atoms with Crippen LogP contribution in [0, 0.1) is 0 Å². The van der Waals surface area contributed by atoms with Gasteiger partial charge in [-0.25, -0.2) is 17.6 Å². The van der Waals surface area contributed by atoms with Crippen molar-refractivity contribution < 1.29 is 27.4 Å². The highest BCUT2D eigenvalue weighted by atomic mass is 79.9. The lowest BCUT2D eigenvalue weighted by molar-refractivity contribution is 0.0696. The number of nitrogens with one attached hydrogen (secondary N) is 1. The number of rotatable bonds is 6. The zero-order chi connectivity index (χ0) is 17.0. The molecule has 0 spiro atoms. The molecule has 10 heteroatoms. The number of anilines is 1. The fourth-order valence-corrected chi connectivity index (χ4v) is 3.41. The van der Waals surface area contributed by atoms with Crippen LogP contribution in [0.15, 0.2) is 46.0 Å². The number of halogens is 2. The van der Waals surface area contributed by atoms with Gasteiger partial charge in [-0.15, -0.1) is 0 Å². The summed E-state index contributed by atoms with van der Waals surface area (Å²) in [5.74, 6) is -1.42. The van der Waals surface area contributed by atoms with Gasteiger partial charge in [-0.3, -0.25) is 9.71 Å². The van der Waals surface area contributed by atoms with Gasteiger partial charge in [-0.2, -0.15) is 0 Å². The van der Waals surface area contributed by atoms with Crippen LogP contribution in [-0.2, 0) is 10.0 Å². The molecule has 0 saturated heterocycles. The van der Waals surface area contributed by atoms with Crippen molar-refractivity contribution in [3.05, 3.63) is 46.7 Å². The van der Waals surface area contributed by atoms with E-state index in [-0.39, 0.29) is 21.9 Å². The first-order chi connectivity index (χ1) is 10.8. The van der Waals surface area contributed by atoms with Crippen molar-refractivity contribution in [2.75, 3.05) is 11.6 Å². The Kier molecular flexibility index (Phi) is 5.16. The fraction of sp³-hybridized carbons (Fsp3) is 0.0769. The highest BCUT2D eigenvalue weighted by Gasteiger charge is 2.21. The van der Waals surface area contributed by atoms with E-state index in [0.29, 0.717) is 4.47 Å². The lowest BCUT2D eigenvalue weighted by atomic mass is 10.3. The van der Waals surface area contributed by atoms with E-state index < -0.39 is 22.9 Å². The topological polar surface area (TPSA) is 106 Å². The molecule has 0 aliphatic carbocycles. The molecular weight excluding hydrogens is 395 g/mol. The Hall–Kier alpha value is -2.20. The Labute approximate surface area is 139 Å². The van der Waals surface area contributed by atoms with E-state index in [2.05, 4.69) is 30.4 Å². The predicted octanol–water partition coefficient (Wildman–Crippen LogP) is 2.65. The molecule has 1 aromatic carbocycles. The van der Waals surface area contributed by atoms with Crippen LogP contribution in [0.3, 0.4) is 0 Å². The number of aromatic nitrogens is 1. The van der Waals surface area contributed by atoms with E-state index in [1.165, 1.54) is 18.2 Å². The molecule has 0 radical (unpaired) electrons. The number of benzene rings is 1. The molecule has 0 fully saturated rings. The van der Waals surface area contributed by atoms with Gasteiger partial charge < -0.3 is 9.84 Å². The van der Waals surface area contributed by atoms with Crippen LogP contribution in [0.4, 0.5) is 10.1 Å². The molecule has 2 aromatic rings. The zero-order valence-electron chi connectivity index (χ0n) is 11.4. The summed E-state index contributed by atoms with van der Waals surface area (Å²) in [7, 11) is -4.14. The molecule has 0 atom stereocenters. The van der Waals surface area contributed by atoms with Crippen molar-refractivity contribution in [3.8, 4) is 5.75 Å². The van der Waals surface area contributed by atoms with Gasteiger partial charge in [0.05, 0.1) is 17.4 Å². The van der Waals surface area contributed by atoms with Crippen LogP contribution in [0.2, 0.25) is 0 Å². The van der Waals surface area contributed by atoms with E-state index in [1.54, 1.807) is 0 Å². The van der Waals surface area contributed by atoms with E-state index in [9.17, 15) is 17.6 Å². The molecule has 0 unspecified atom stereocenters. The summed E-state index contributed by atoms with van der Waals surface area (Å²) in [4.78, 5) is 14.2. The first-order valence-corrected chi connectivity index (χ1v) is 8.30. The highest BCUT2D eigenvalue weighted by Crippen LogP contribution is 2.29. The van der Waals surface area contributed by atoms with E-state index in [1.807, 2.05) is 0 Å². The van der Waals surface area contributed by atoms with Gasteiger partial charge in [0, 0.05) is 10.7 Å². The number of alkyl halides is 1. The highest BCUT2D eigenvalue weighted by molar-refractivity contribution is 9.10. The molecule has 0 saturated carbocycles. The maximum absolute atomic E-state index is 12.4. The number of carbonyl (C=O) groups is 1. The Balaban J connectivity index is 2.41. The third-order valence-electron chi connectivity index (χ3n) is 2.64. The predicted molar refractivity (Wildman–Crippen MR) is 82.7 cm³/mol. The second-order valence-corrected chi connectivity index (χ2v) is 6.78. The van der Waals surface area contributed by atoms with Crippen molar-refractivity contribution in [2.45, 2.75) is 4.90 Å². The lowest BCUT2D eigenvalue weighted by Gasteiger charge is -2.12. The van der Waals surface area contributed by atoms with Crippen molar-refractivity contribution in [3.63, 3.8) is 0 Å². The average Bonchev–Trinajstić information content (AvgIpc) is 2.49. The summed E-state index contributed by atoms with van der Waals surface area (Å²) in [5, 5.41) is 8.89. The molecule has 1 heterocycles. The number of hydrogen-bond donors (Lipinski definition) is 2. The number of carboxylic acid groups (broad SMARTS) is 1. The standard InChI is InChI=1S/C13H10BrFN2O5S/c14-9-1-2-11(22-7-15)12(4-9)23(20,21)17-10-3-8(13(18)19)5-16-6-10/h1-6,17H,7H2,(H,18,19). The lowest BCUT2D eigenvalue weighted by Crippen LogP contribution is -2.15. The minimum absolute atomic E-state index is 0.0453. The van der Waals surface area contributed by atoms with Gasteiger partial charge in [-0.05, 0) is 24.3 Å². The zero-order valence-corrected chi connectivity index (χ0v) is 13.8. The number of carboxylic acids is 1. The van der Waals surface area contributed by atoms with E-state index >= 15 is 0 Å². The van der Waals surface area contributed by atoms with Gasteiger partial charge in [-0.1, -0.05) is 15.9 Å². The van der Waals surface area contributed by atoms with Crippen molar-refractivity contribution in [1.82, 2.24) is 4.98 Å². The van der Waals surface area contributed by atoms with Gasteiger partial charge in [0.2, 0.25) is 6.86 Å². The third-order valence-corrected chi connectivity index (χ3v) is 4.54. The van der Waals surface area contributed by atoms with Gasteiger partial charge in [0.25, 0.3) is 10.0 Å².